The van der Waals surface area contributed by atoms with Crippen LogP contribution in [0, 0.1) is 5.92 Å². The van der Waals surface area contributed by atoms with Gasteiger partial charge in [-0.05, 0) is 0 Å². The Morgan fingerprint density at radius 1 is 1.69 bits per heavy atom. The van der Waals surface area contributed by atoms with Gasteiger partial charge in [0, 0.05) is 44.1 Å². The van der Waals surface area contributed by atoms with E-state index in [1.165, 1.54) is 0 Å². The van der Waals surface area contributed by atoms with Gasteiger partial charge in [-0.2, -0.15) is 0 Å². The van der Waals surface area contributed by atoms with Crippen LogP contribution in [0.2, 0.25) is 0 Å². The topological polar surface area (TPSA) is 61.4 Å². The zero-order valence-corrected chi connectivity index (χ0v) is 10.2. The van der Waals surface area contributed by atoms with Gasteiger partial charge in [-0.1, -0.05) is 0 Å². The molecule has 0 aromatic rings. The van der Waals surface area contributed by atoms with Gasteiger partial charge in [-0.25, -0.2) is 0 Å². The standard InChI is InChI=1S/C10H17N3O2S/c1-13-4-7(2-9(13)14)3-11-10(15)8-5-16-6-12-8/h7-8,12H,2-6H2,1H3,(H,11,15). The number of carbonyl (C=O) groups excluding carboxylic acids is 2. The van der Waals surface area contributed by atoms with Crippen molar-refractivity contribution in [3.8, 4) is 0 Å². The second-order valence-electron chi connectivity index (χ2n) is 4.36. The lowest BCUT2D eigenvalue weighted by molar-refractivity contribution is -0.126. The highest BCUT2D eigenvalue weighted by Crippen LogP contribution is 2.15. The van der Waals surface area contributed by atoms with Crippen LogP contribution in [0.4, 0.5) is 0 Å². The van der Waals surface area contributed by atoms with Crippen molar-refractivity contribution in [1.82, 2.24) is 15.5 Å². The summed E-state index contributed by atoms with van der Waals surface area (Å²) in [7, 11) is 1.80. The predicted octanol–water partition coefficient (Wildman–Crippen LogP) is -0.757. The highest BCUT2D eigenvalue weighted by Gasteiger charge is 2.28. The molecule has 0 radical (unpaired) electrons. The fraction of sp³-hybridized carbons (Fsp3) is 0.800. The monoisotopic (exact) mass is 243 g/mol. The number of carbonyl (C=O) groups is 2. The molecular weight excluding hydrogens is 226 g/mol. The van der Waals surface area contributed by atoms with Crippen LogP contribution in [0.15, 0.2) is 0 Å². The lowest BCUT2D eigenvalue weighted by Gasteiger charge is -2.14. The number of likely N-dealkylation sites (tertiary alicyclic amines) is 1. The molecule has 2 fully saturated rings. The molecule has 2 saturated heterocycles. The molecule has 0 aromatic carbocycles. The van der Waals surface area contributed by atoms with E-state index in [1.54, 1.807) is 23.7 Å². The van der Waals surface area contributed by atoms with Crippen molar-refractivity contribution in [1.29, 1.82) is 0 Å². The van der Waals surface area contributed by atoms with Gasteiger partial charge in [0.25, 0.3) is 0 Å². The molecule has 2 heterocycles. The van der Waals surface area contributed by atoms with E-state index in [-0.39, 0.29) is 23.8 Å². The minimum Gasteiger partial charge on any atom is -0.354 e. The molecule has 6 heteroatoms. The van der Waals surface area contributed by atoms with Crippen LogP contribution in [0.25, 0.3) is 0 Å². The summed E-state index contributed by atoms with van der Waals surface area (Å²) in [5, 5.41) is 6.04. The first-order valence-corrected chi connectivity index (χ1v) is 6.65. The number of rotatable bonds is 3. The molecule has 2 rings (SSSR count). The van der Waals surface area contributed by atoms with E-state index < -0.39 is 0 Å². The quantitative estimate of drug-likeness (QED) is 0.684. The number of amides is 2. The third kappa shape index (κ3) is 2.68. The number of nitrogens with zero attached hydrogens (tertiary/aromatic N) is 1. The lowest BCUT2D eigenvalue weighted by Crippen LogP contribution is -2.43. The minimum absolute atomic E-state index is 0.0557. The van der Waals surface area contributed by atoms with Gasteiger partial charge < -0.3 is 10.2 Å². The van der Waals surface area contributed by atoms with E-state index >= 15 is 0 Å². The van der Waals surface area contributed by atoms with Crippen molar-refractivity contribution in [2.24, 2.45) is 5.92 Å². The smallest absolute Gasteiger partial charge is 0.238 e. The van der Waals surface area contributed by atoms with Crippen molar-refractivity contribution >= 4 is 23.6 Å². The van der Waals surface area contributed by atoms with Crippen molar-refractivity contribution in [3.05, 3.63) is 0 Å². The number of thioether (sulfide) groups is 1. The van der Waals surface area contributed by atoms with Crippen LogP contribution in [-0.4, -0.2) is 54.5 Å². The second kappa shape index (κ2) is 5.05. The summed E-state index contributed by atoms with van der Waals surface area (Å²) < 4.78 is 0. The molecule has 16 heavy (non-hydrogen) atoms. The van der Waals surface area contributed by atoms with Crippen LogP contribution in [0.3, 0.4) is 0 Å². The number of nitrogens with one attached hydrogen (secondary N) is 2. The molecule has 0 aliphatic carbocycles. The third-order valence-corrected chi connectivity index (χ3v) is 3.96. The molecule has 2 aliphatic heterocycles. The van der Waals surface area contributed by atoms with Crippen LogP contribution in [-0.2, 0) is 9.59 Å². The SMILES string of the molecule is CN1CC(CNC(=O)C2CSCN2)CC1=O. The molecule has 0 spiro atoms. The van der Waals surface area contributed by atoms with Gasteiger partial charge in [-0.3, -0.25) is 14.9 Å². The molecule has 0 aromatic heterocycles. The molecule has 0 bridgehead atoms. The Kier molecular flexibility index (Phi) is 3.70. The second-order valence-corrected chi connectivity index (χ2v) is 5.39. The van der Waals surface area contributed by atoms with Crippen molar-refractivity contribution in [3.63, 3.8) is 0 Å². The molecule has 90 valence electrons. The summed E-state index contributed by atoms with van der Waals surface area (Å²) in [5.74, 6) is 2.20. The summed E-state index contributed by atoms with van der Waals surface area (Å²) in [4.78, 5) is 24.7. The van der Waals surface area contributed by atoms with Crippen LogP contribution >= 0.6 is 11.8 Å². The Balaban J connectivity index is 1.71. The minimum atomic E-state index is -0.0557. The average molecular weight is 243 g/mol. The first-order valence-electron chi connectivity index (χ1n) is 5.49. The molecule has 2 atom stereocenters. The first kappa shape index (κ1) is 11.7. The summed E-state index contributed by atoms with van der Waals surface area (Å²) in [6.07, 6.45) is 0.559. The molecule has 2 aliphatic rings. The summed E-state index contributed by atoms with van der Waals surface area (Å²) in [5.41, 5.74) is 0. The Hall–Kier alpha value is -0.750. The Morgan fingerprint density at radius 3 is 3.06 bits per heavy atom. The van der Waals surface area contributed by atoms with E-state index in [1.807, 2.05) is 0 Å². The predicted molar refractivity (Wildman–Crippen MR) is 63.0 cm³/mol. The molecule has 2 amide bonds. The maximum atomic E-state index is 11.7. The van der Waals surface area contributed by atoms with E-state index in [9.17, 15) is 9.59 Å². The zero-order valence-electron chi connectivity index (χ0n) is 9.36. The fourth-order valence-electron chi connectivity index (χ4n) is 2.02. The zero-order chi connectivity index (χ0) is 11.5. The van der Waals surface area contributed by atoms with Gasteiger partial charge in [0.05, 0.1) is 6.04 Å². The van der Waals surface area contributed by atoms with Gasteiger partial charge in [-0.15, -0.1) is 11.8 Å². The summed E-state index contributed by atoms with van der Waals surface area (Å²) in [6.45, 7) is 1.36. The maximum Gasteiger partial charge on any atom is 0.238 e. The molecule has 2 N–H and O–H groups in total. The Bertz CT molecular complexity index is 292. The Labute approximate surface area is 99.3 Å². The van der Waals surface area contributed by atoms with Crippen molar-refractivity contribution in [2.45, 2.75) is 12.5 Å². The molecule has 2 unspecified atom stereocenters. The van der Waals surface area contributed by atoms with Crippen LogP contribution in [0.5, 0.6) is 0 Å². The van der Waals surface area contributed by atoms with Crippen LogP contribution < -0.4 is 10.6 Å². The third-order valence-electron chi connectivity index (χ3n) is 3.02. The summed E-state index contributed by atoms with van der Waals surface area (Å²) >= 11 is 1.74. The number of hydrogen-bond donors (Lipinski definition) is 2. The largest absolute Gasteiger partial charge is 0.354 e. The maximum absolute atomic E-state index is 11.7. The van der Waals surface area contributed by atoms with Gasteiger partial charge in [0.2, 0.25) is 11.8 Å². The van der Waals surface area contributed by atoms with Crippen molar-refractivity contribution < 1.29 is 9.59 Å². The molecular formula is C10H17N3O2S. The first-order chi connectivity index (χ1) is 7.66. The van der Waals surface area contributed by atoms with Gasteiger partial charge in [0.1, 0.15) is 0 Å². The van der Waals surface area contributed by atoms with E-state index in [0.29, 0.717) is 13.0 Å². The van der Waals surface area contributed by atoms with Gasteiger partial charge >= 0.3 is 0 Å². The van der Waals surface area contributed by atoms with E-state index in [0.717, 1.165) is 18.2 Å². The highest BCUT2D eigenvalue weighted by molar-refractivity contribution is 7.99. The lowest BCUT2D eigenvalue weighted by atomic mass is 10.1. The van der Waals surface area contributed by atoms with E-state index in [4.69, 9.17) is 0 Å². The average Bonchev–Trinajstić information content (AvgIpc) is 2.86. The Morgan fingerprint density at radius 2 is 2.50 bits per heavy atom. The highest BCUT2D eigenvalue weighted by atomic mass is 32.2. The fourth-order valence-corrected chi connectivity index (χ4v) is 2.97. The van der Waals surface area contributed by atoms with E-state index in [2.05, 4.69) is 10.6 Å². The summed E-state index contributed by atoms with van der Waals surface area (Å²) in [6, 6.07) is -0.0557. The van der Waals surface area contributed by atoms with Crippen LogP contribution in [0.1, 0.15) is 6.42 Å². The van der Waals surface area contributed by atoms with Crippen molar-refractivity contribution in [2.75, 3.05) is 31.8 Å². The molecule has 0 saturated carbocycles. The molecule has 5 nitrogen and oxygen atoms in total. The normalized spacial score (nSPS) is 29.8. The van der Waals surface area contributed by atoms with Gasteiger partial charge in [0.15, 0.2) is 0 Å². The number of hydrogen-bond acceptors (Lipinski definition) is 4.